The van der Waals surface area contributed by atoms with Gasteiger partial charge in [0.2, 0.25) is 0 Å². The summed E-state index contributed by atoms with van der Waals surface area (Å²) in [6.45, 7) is 2.43. The van der Waals surface area contributed by atoms with Gasteiger partial charge >= 0.3 is 0 Å². The lowest BCUT2D eigenvalue weighted by atomic mass is 10.1. The first-order chi connectivity index (χ1) is 8.61. The summed E-state index contributed by atoms with van der Waals surface area (Å²) in [5.41, 5.74) is 2.87. The third-order valence-electron chi connectivity index (χ3n) is 2.47. The Kier molecular flexibility index (Phi) is 4.32. The third-order valence-corrected chi connectivity index (χ3v) is 3.81. The summed E-state index contributed by atoms with van der Waals surface area (Å²) in [5, 5.41) is 0.396. The smallest absolute Gasteiger partial charge is 0.161 e. The molecule has 94 valence electrons. The lowest BCUT2D eigenvalue weighted by molar-refractivity contribution is 0.181. The molecule has 0 spiro atoms. The molecule has 0 aliphatic heterocycles. The molecule has 0 atom stereocenters. The number of nitrogens with zero attached hydrogens (tertiary/aromatic N) is 2. The van der Waals surface area contributed by atoms with Crippen LogP contribution in [0.3, 0.4) is 0 Å². The number of halogens is 2. The molecule has 0 radical (unpaired) electrons. The summed E-state index contributed by atoms with van der Waals surface area (Å²) in [7, 11) is 1.62. The van der Waals surface area contributed by atoms with Gasteiger partial charge in [-0.3, -0.25) is 0 Å². The van der Waals surface area contributed by atoms with Crippen LogP contribution in [0.4, 0.5) is 0 Å². The van der Waals surface area contributed by atoms with E-state index in [0.29, 0.717) is 22.1 Å². The van der Waals surface area contributed by atoms with Gasteiger partial charge in [-0.05, 0) is 22.9 Å². The van der Waals surface area contributed by atoms with Crippen molar-refractivity contribution < 1.29 is 4.74 Å². The monoisotopic (exact) mass is 326 g/mol. The third kappa shape index (κ3) is 2.88. The van der Waals surface area contributed by atoms with Crippen molar-refractivity contribution in [2.24, 2.45) is 0 Å². The summed E-state index contributed by atoms with van der Waals surface area (Å²) >= 11 is 9.44. The second-order valence-corrected chi connectivity index (χ2v) is 5.05. The van der Waals surface area contributed by atoms with Crippen LogP contribution in [-0.2, 0) is 11.3 Å². The van der Waals surface area contributed by atoms with Gasteiger partial charge in [-0.1, -0.05) is 41.4 Å². The summed E-state index contributed by atoms with van der Waals surface area (Å²) in [6, 6.07) is 7.99. The fraction of sp³-hybridized carbons (Fsp3) is 0.231. The lowest BCUT2D eigenvalue weighted by Gasteiger charge is -2.07. The number of benzene rings is 1. The average Bonchev–Trinajstić information content (AvgIpc) is 2.36. The van der Waals surface area contributed by atoms with Gasteiger partial charge in [0.15, 0.2) is 5.82 Å². The minimum atomic E-state index is 0.391. The summed E-state index contributed by atoms with van der Waals surface area (Å²) < 4.78 is 5.78. The summed E-state index contributed by atoms with van der Waals surface area (Å²) in [4.78, 5) is 8.72. The lowest BCUT2D eigenvalue weighted by Crippen LogP contribution is -2.00. The Bertz CT molecular complexity index is 558. The number of ether oxygens (including phenoxy) is 1. The predicted molar refractivity (Wildman–Crippen MR) is 75.6 cm³/mol. The van der Waals surface area contributed by atoms with E-state index in [4.69, 9.17) is 16.3 Å². The molecule has 0 aliphatic carbocycles. The van der Waals surface area contributed by atoms with Gasteiger partial charge in [-0.15, -0.1) is 0 Å². The highest BCUT2D eigenvalue weighted by Gasteiger charge is 2.11. The number of hydrogen-bond acceptors (Lipinski definition) is 3. The first-order valence-corrected chi connectivity index (χ1v) is 6.57. The van der Waals surface area contributed by atoms with Gasteiger partial charge in [-0.2, -0.15) is 0 Å². The van der Waals surface area contributed by atoms with Crippen LogP contribution in [0.2, 0.25) is 5.15 Å². The highest BCUT2D eigenvalue weighted by atomic mass is 79.9. The van der Waals surface area contributed by atoms with Crippen LogP contribution in [0.15, 0.2) is 28.7 Å². The van der Waals surface area contributed by atoms with Crippen LogP contribution in [-0.4, -0.2) is 17.1 Å². The van der Waals surface area contributed by atoms with Crippen LogP contribution in [0, 0.1) is 6.92 Å². The van der Waals surface area contributed by atoms with E-state index in [9.17, 15) is 0 Å². The first-order valence-electron chi connectivity index (χ1n) is 5.39. The molecule has 0 aliphatic rings. The average molecular weight is 328 g/mol. The van der Waals surface area contributed by atoms with Crippen molar-refractivity contribution in [2.75, 3.05) is 7.11 Å². The maximum absolute atomic E-state index is 6.08. The Morgan fingerprint density at radius 1 is 1.22 bits per heavy atom. The number of rotatable bonds is 3. The van der Waals surface area contributed by atoms with Crippen molar-refractivity contribution in [1.82, 2.24) is 9.97 Å². The highest BCUT2D eigenvalue weighted by molar-refractivity contribution is 9.10. The Balaban J connectivity index is 2.48. The Labute approximate surface area is 119 Å². The standard InChI is InChI=1S/C13H12BrClN2O/c1-8-3-5-9(6-4-8)13-16-10(7-18-2)11(14)12(15)17-13/h3-6H,7H2,1-2H3. The second-order valence-electron chi connectivity index (χ2n) is 3.90. The zero-order chi connectivity index (χ0) is 13.1. The molecule has 0 bridgehead atoms. The van der Waals surface area contributed by atoms with Crippen molar-refractivity contribution in [3.8, 4) is 11.4 Å². The van der Waals surface area contributed by atoms with Gasteiger partial charge in [0.05, 0.1) is 16.8 Å². The number of hydrogen-bond donors (Lipinski definition) is 0. The topological polar surface area (TPSA) is 35.0 Å². The molecule has 18 heavy (non-hydrogen) atoms. The second kappa shape index (κ2) is 5.78. The minimum absolute atomic E-state index is 0.391. The maximum Gasteiger partial charge on any atom is 0.161 e. The van der Waals surface area contributed by atoms with E-state index in [1.165, 1.54) is 5.56 Å². The molecule has 0 saturated carbocycles. The minimum Gasteiger partial charge on any atom is -0.378 e. The molecule has 0 N–H and O–H groups in total. The molecule has 0 unspecified atom stereocenters. The van der Waals surface area contributed by atoms with Crippen molar-refractivity contribution >= 4 is 27.5 Å². The van der Waals surface area contributed by atoms with Crippen molar-refractivity contribution in [2.45, 2.75) is 13.5 Å². The van der Waals surface area contributed by atoms with Crippen molar-refractivity contribution in [3.63, 3.8) is 0 Å². The van der Waals surface area contributed by atoms with E-state index in [0.717, 1.165) is 11.3 Å². The Hall–Kier alpha value is -0.970. The molecule has 2 aromatic rings. The predicted octanol–water partition coefficient (Wildman–Crippen LogP) is 4.01. The van der Waals surface area contributed by atoms with Gasteiger partial charge < -0.3 is 4.74 Å². The SMILES string of the molecule is COCc1nc(-c2ccc(C)cc2)nc(Cl)c1Br. The Morgan fingerprint density at radius 2 is 1.89 bits per heavy atom. The molecule has 2 rings (SSSR count). The largest absolute Gasteiger partial charge is 0.378 e. The first kappa shape index (κ1) is 13.5. The van der Waals surface area contributed by atoms with Gasteiger partial charge in [0.25, 0.3) is 0 Å². The van der Waals surface area contributed by atoms with Crippen molar-refractivity contribution in [1.29, 1.82) is 0 Å². The highest BCUT2D eigenvalue weighted by Crippen LogP contribution is 2.27. The summed E-state index contributed by atoms with van der Waals surface area (Å²) in [5.74, 6) is 0.607. The van der Waals surface area contributed by atoms with Gasteiger partial charge in [-0.25, -0.2) is 9.97 Å². The van der Waals surface area contributed by atoms with Gasteiger partial charge in [0, 0.05) is 12.7 Å². The molecule has 5 heteroatoms. The number of aryl methyl sites for hydroxylation is 1. The molecule has 3 nitrogen and oxygen atoms in total. The zero-order valence-electron chi connectivity index (χ0n) is 10.1. The molecule has 1 aromatic heterocycles. The van der Waals surface area contributed by atoms with E-state index in [-0.39, 0.29) is 0 Å². The molecular formula is C13H12BrClN2O. The Morgan fingerprint density at radius 3 is 2.50 bits per heavy atom. The normalized spacial score (nSPS) is 10.7. The summed E-state index contributed by atoms with van der Waals surface area (Å²) in [6.07, 6.45) is 0. The molecular weight excluding hydrogens is 316 g/mol. The van der Waals surface area contributed by atoms with Crippen LogP contribution in [0.5, 0.6) is 0 Å². The molecule has 1 heterocycles. The quantitative estimate of drug-likeness (QED) is 0.799. The number of methoxy groups -OCH3 is 1. The van der Waals surface area contributed by atoms with E-state index >= 15 is 0 Å². The molecule has 0 amide bonds. The maximum atomic E-state index is 6.08. The van der Waals surface area contributed by atoms with E-state index < -0.39 is 0 Å². The van der Waals surface area contributed by atoms with E-state index in [1.54, 1.807) is 7.11 Å². The van der Waals surface area contributed by atoms with Gasteiger partial charge in [0.1, 0.15) is 5.15 Å². The fourth-order valence-electron chi connectivity index (χ4n) is 1.53. The van der Waals surface area contributed by atoms with Crippen LogP contribution in [0.25, 0.3) is 11.4 Å². The van der Waals surface area contributed by atoms with Crippen LogP contribution < -0.4 is 0 Å². The van der Waals surface area contributed by atoms with E-state index in [1.807, 2.05) is 31.2 Å². The fourth-order valence-corrected chi connectivity index (χ4v) is 2.01. The van der Waals surface area contributed by atoms with Crippen molar-refractivity contribution in [3.05, 3.63) is 45.1 Å². The zero-order valence-corrected chi connectivity index (χ0v) is 12.4. The molecule has 0 saturated heterocycles. The van der Waals surface area contributed by atoms with E-state index in [2.05, 4.69) is 25.9 Å². The van der Waals surface area contributed by atoms with Crippen LogP contribution in [0.1, 0.15) is 11.3 Å². The molecule has 0 fully saturated rings. The number of aromatic nitrogens is 2. The van der Waals surface area contributed by atoms with Crippen LogP contribution >= 0.6 is 27.5 Å². The molecule has 1 aromatic carbocycles.